The molecule has 0 fully saturated rings. The number of ether oxygens (including phenoxy) is 2. The number of benzene rings is 3. The van der Waals surface area contributed by atoms with Crippen LogP contribution in [0.4, 0.5) is 15.8 Å². The van der Waals surface area contributed by atoms with Crippen LogP contribution >= 0.6 is 34.2 Å². The van der Waals surface area contributed by atoms with E-state index >= 15 is 0 Å². The molecule has 178 valence electrons. The number of hydrogen-bond donors (Lipinski definition) is 1. The number of anilines is 1. The van der Waals surface area contributed by atoms with Gasteiger partial charge in [0.05, 0.1) is 15.6 Å². The number of rotatable bonds is 8. The first-order valence-corrected chi connectivity index (χ1v) is 11.3. The van der Waals surface area contributed by atoms with Crippen molar-refractivity contribution < 1.29 is 23.6 Å². The Hall–Kier alpha value is -3.69. The highest BCUT2D eigenvalue weighted by atomic mass is 127. The predicted molar refractivity (Wildman–Crippen MR) is 137 cm³/mol. The van der Waals surface area contributed by atoms with E-state index < -0.39 is 16.5 Å². The lowest BCUT2D eigenvalue weighted by Gasteiger charge is -2.14. The molecule has 0 bridgehead atoms. The molecule has 3 aromatic rings. The van der Waals surface area contributed by atoms with Gasteiger partial charge in [-0.05, 0) is 76.2 Å². The van der Waals surface area contributed by atoms with Crippen LogP contribution in [0.2, 0.25) is 5.02 Å². The van der Waals surface area contributed by atoms with Gasteiger partial charge in [-0.15, -0.1) is 0 Å². The number of nitrogens with one attached hydrogen (secondary N) is 1. The minimum atomic E-state index is -0.830. The van der Waals surface area contributed by atoms with E-state index in [0.29, 0.717) is 20.6 Å². The zero-order chi connectivity index (χ0) is 25.5. The van der Waals surface area contributed by atoms with Crippen LogP contribution in [0.25, 0.3) is 6.08 Å². The Morgan fingerprint density at radius 3 is 2.60 bits per heavy atom. The van der Waals surface area contributed by atoms with Crippen molar-refractivity contribution in [3.8, 4) is 17.6 Å². The molecule has 1 amide bonds. The summed E-state index contributed by atoms with van der Waals surface area (Å²) < 4.78 is 25.0. The van der Waals surface area contributed by atoms with E-state index in [-0.39, 0.29) is 28.7 Å². The van der Waals surface area contributed by atoms with Crippen LogP contribution in [0.5, 0.6) is 11.5 Å². The third-order valence-electron chi connectivity index (χ3n) is 4.63. The Morgan fingerprint density at radius 1 is 1.26 bits per heavy atom. The van der Waals surface area contributed by atoms with E-state index in [2.05, 4.69) is 5.32 Å². The van der Waals surface area contributed by atoms with Gasteiger partial charge in [0, 0.05) is 11.1 Å². The van der Waals surface area contributed by atoms with Crippen molar-refractivity contribution in [1.29, 1.82) is 5.26 Å². The molecule has 11 heteroatoms. The molecule has 3 rings (SSSR count). The lowest BCUT2D eigenvalue weighted by atomic mass is 10.1. The van der Waals surface area contributed by atoms with Crippen LogP contribution < -0.4 is 14.8 Å². The van der Waals surface area contributed by atoms with Gasteiger partial charge in [-0.1, -0.05) is 23.7 Å². The molecule has 35 heavy (non-hydrogen) atoms. The Labute approximate surface area is 218 Å². The number of nitro benzene ring substituents is 1. The summed E-state index contributed by atoms with van der Waals surface area (Å²) in [7, 11) is 1.45. The van der Waals surface area contributed by atoms with E-state index in [1.165, 1.54) is 37.5 Å². The molecule has 3 aromatic carbocycles. The fraction of sp³-hybridized carbons (Fsp3) is 0.0833. The number of nitriles is 1. The van der Waals surface area contributed by atoms with Gasteiger partial charge in [0.2, 0.25) is 0 Å². The second-order valence-electron chi connectivity index (χ2n) is 6.99. The van der Waals surface area contributed by atoms with Gasteiger partial charge in [-0.25, -0.2) is 4.39 Å². The first-order chi connectivity index (χ1) is 16.7. The first-order valence-electron chi connectivity index (χ1n) is 9.83. The highest BCUT2D eigenvalue weighted by molar-refractivity contribution is 14.1. The zero-order valence-corrected chi connectivity index (χ0v) is 21.0. The number of nitrogens with zero attached hydrogens (tertiary/aromatic N) is 2. The van der Waals surface area contributed by atoms with Crippen molar-refractivity contribution in [1.82, 2.24) is 0 Å². The van der Waals surface area contributed by atoms with Gasteiger partial charge in [0.15, 0.2) is 11.5 Å². The highest BCUT2D eigenvalue weighted by Gasteiger charge is 2.19. The molecule has 0 spiro atoms. The molecule has 0 aliphatic heterocycles. The lowest BCUT2D eigenvalue weighted by Crippen LogP contribution is -2.14. The second-order valence-corrected chi connectivity index (χ2v) is 8.59. The monoisotopic (exact) mass is 607 g/mol. The topological polar surface area (TPSA) is 114 Å². The van der Waals surface area contributed by atoms with Gasteiger partial charge in [0.1, 0.15) is 29.8 Å². The highest BCUT2D eigenvalue weighted by Crippen LogP contribution is 2.35. The Kier molecular flexibility index (Phi) is 8.62. The Morgan fingerprint density at radius 2 is 1.97 bits per heavy atom. The molecule has 1 N–H and O–H groups in total. The van der Waals surface area contributed by atoms with E-state index in [1.54, 1.807) is 30.3 Å². The summed E-state index contributed by atoms with van der Waals surface area (Å²) in [6, 6.07) is 14.7. The Balaban J connectivity index is 1.84. The van der Waals surface area contributed by atoms with Crippen LogP contribution in [0.1, 0.15) is 11.1 Å². The van der Waals surface area contributed by atoms with E-state index in [4.69, 9.17) is 21.1 Å². The molecule has 0 saturated heterocycles. The largest absolute Gasteiger partial charge is 0.493 e. The number of hydrogen-bond acceptors (Lipinski definition) is 6. The molecule has 0 aliphatic carbocycles. The third-order valence-corrected chi connectivity index (χ3v) is 5.67. The van der Waals surface area contributed by atoms with Gasteiger partial charge >= 0.3 is 0 Å². The third kappa shape index (κ3) is 6.68. The summed E-state index contributed by atoms with van der Waals surface area (Å²) in [5.74, 6) is -0.380. The van der Waals surface area contributed by atoms with Crippen molar-refractivity contribution >= 4 is 57.5 Å². The van der Waals surface area contributed by atoms with Crippen LogP contribution in [0.15, 0.2) is 60.2 Å². The molecule has 8 nitrogen and oxygen atoms in total. The fourth-order valence-electron chi connectivity index (χ4n) is 2.97. The summed E-state index contributed by atoms with van der Waals surface area (Å²) in [4.78, 5) is 23.2. The number of halogens is 3. The minimum absolute atomic E-state index is 0.0951. The molecule has 0 unspecified atom stereocenters. The number of nitro groups is 1. The molecule has 0 aromatic heterocycles. The van der Waals surface area contributed by atoms with Crippen molar-refractivity contribution in [2.75, 3.05) is 12.4 Å². The molecule has 0 radical (unpaired) electrons. The second kappa shape index (κ2) is 11.6. The minimum Gasteiger partial charge on any atom is -0.493 e. The molecular formula is C24H16ClFIN3O5. The maximum atomic E-state index is 13.1. The first kappa shape index (κ1) is 25.9. The smallest absolute Gasteiger partial charge is 0.294 e. The quantitative estimate of drug-likeness (QED) is 0.108. The normalized spacial score (nSPS) is 10.9. The summed E-state index contributed by atoms with van der Waals surface area (Å²) in [5, 5.41) is 23.3. The lowest BCUT2D eigenvalue weighted by molar-refractivity contribution is -0.383. The van der Waals surface area contributed by atoms with E-state index in [0.717, 1.165) is 11.6 Å². The molecule has 0 saturated carbocycles. The maximum absolute atomic E-state index is 13.1. The van der Waals surface area contributed by atoms with Crippen molar-refractivity contribution in [2.45, 2.75) is 6.61 Å². The summed E-state index contributed by atoms with van der Waals surface area (Å²) in [5.41, 5.74) is 0.446. The summed E-state index contributed by atoms with van der Waals surface area (Å²) >= 11 is 7.82. The van der Waals surface area contributed by atoms with Crippen molar-refractivity contribution in [3.05, 3.63) is 95.8 Å². The molecule has 0 heterocycles. The molecule has 0 atom stereocenters. The van der Waals surface area contributed by atoms with Crippen LogP contribution in [0, 0.1) is 30.8 Å². The van der Waals surface area contributed by atoms with E-state index in [9.17, 15) is 24.6 Å². The predicted octanol–water partition coefficient (Wildman–Crippen LogP) is 6.13. The molecule has 0 aliphatic rings. The van der Waals surface area contributed by atoms with Gasteiger partial charge in [0.25, 0.3) is 11.6 Å². The number of methoxy groups -OCH3 is 1. The maximum Gasteiger partial charge on any atom is 0.294 e. The fourth-order valence-corrected chi connectivity index (χ4v) is 3.91. The SMILES string of the molecule is COc1cc(C=C(C#N)C(=O)Nc2ccc(Cl)cc2[N+](=O)[O-])cc(I)c1OCc1ccc(F)cc1. The number of carbonyl (C=O) groups excluding carboxylic acids is 1. The Bertz CT molecular complexity index is 1360. The van der Waals surface area contributed by atoms with Gasteiger partial charge < -0.3 is 14.8 Å². The zero-order valence-electron chi connectivity index (χ0n) is 18.1. The average Bonchev–Trinajstić information content (AvgIpc) is 2.83. The van der Waals surface area contributed by atoms with E-state index in [1.807, 2.05) is 22.6 Å². The number of amides is 1. The van der Waals surface area contributed by atoms with Crippen molar-refractivity contribution in [2.24, 2.45) is 0 Å². The summed E-state index contributed by atoms with van der Waals surface area (Å²) in [6.45, 7) is 0.174. The average molecular weight is 608 g/mol. The van der Waals surface area contributed by atoms with Crippen LogP contribution in [-0.4, -0.2) is 17.9 Å². The van der Waals surface area contributed by atoms with Crippen LogP contribution in [0.3, 0.4) is 0 Å². The number of carbonyl (C=O) groups is 1. The van der Waals surface area contributed by atoms with Gasteiger partial charge in [-0.3, -0.25) is 14.9 Å². The van der Waals surface area contributed by atoms with Crippen LogP contribution in [-0.2, 0) is 11.4 Å². The molecular weight excluding hydrogens is 592 g/mol. The standard InChI is InChI=1S/C24H16ClFIN3O5/c1-34-22-10-15(9-19(27)23(22)35-13-14-2-5-18(26)6-3-14)8-16(12-28)24(31)29-20-7-4-17(25)11-21(20)30(32)33/h2-11H,13H2,1H3,(H,29,31). The summed E-state index contributed by atoms with van der Waals surface area (Å²) in [6.07, 6.45) is 1.32. The van der Waals surface area contributed by atoms with Crippen molar-refractivity contribution in [3.63, 3.8) is 0 Å². The van der Waals surface area contributed by atoms with Gasteiger partial charge in [-0.2, -0.15) is 5.26 Å².